The van der Waals surface area contributed by atoms with E-state index in [9.17, 15) is 14.0 Å². The van der Waals surface area contributed by atoms with Crippen molar-refractivity contribution in [2.24, 2.45) is 0 Å². The van der Waals surface area contributed by atoms with E-state index in [1.165, 1.54) is 24.3 Å². The van der Waals surface area contributed by atoms with Gasteiger partial charge in [-0.25, -0.2) is 4.39 Å². The molecule has 1 N–H and O–H groups in total. The fraction of sp³-hybridized carbons (Fsp3) is 0.333. The van der Waals surface area contributed by atoms with Crippen molar-refractivity contribution in [2.45, 2.75) is 45.6 Å². The lowest BCUT2D eigenvalue weighted by Crippen LogP contribution is -2.17. The Kier molecular flexibility index (Phi) is 8.59. The molecule has 0 heterocycles. The first-order valence-electron chi connectivity index (χ1n) is 9.84. The van der Waals surface area contributed by atoms with Gasteiger partial charge in [0.1, 0.15) is 17.3 Å². The van der Waals surface area contributed by atoms with E-state index in [-0.39, 0.29) is 30.3 Å². The molecule has 1 unspecified atom stereocenters. The lowest BCUT2D eigenvalue weighted by atomic mass is 10.0. The van der Waals surface area contributed by atoms with Gasteiger partial charge in [-0.2, -0.15) is 0 Å². The molecule has 2 aromatic carbocycles. The summed E-state index contributed by atoms with van der Waals surface area (Å²) in [6, 6.07) is 9.49. The average Bonchev–Trinajstić information content (AvgIpc) is 2.68. The van der Waals surface area contributed by atoms with Crippen LogP contribution in [0.5, 0.6) is 11.5 Å². The molecule has 0 aromatic heterocycles. The van der Waals surface area contributed by atoms with Crippen molar-refractivity contribution in [1.82, 2.24) is 0 Å². The second-order valence-corrected chi connectivity index (χ2v) is 7.10. The molecule has 30 heavy (non-hydrogen) atoms. The van der Waals surface area contributed by atoms with Crippen molar-refractivity contribution in [3.63, 3.8) is 0 Å². The van der Waals surface area contributed by atoms with E-state index >= 15 is 0 Å². The lowest BCUT2D eigenvalue weighted by Gasteiger charge is -2.18. The summed E-state index contributed by atoms with van der Waals surface area (Å²) in [6.07, 6.45) is 2.48. The smallest absolute Gasteiger partial charge is 0.303 e. The van der Waals surface area contributed by atoms with Crippen LogP contribution in [-0.2, 0) is 11.2 Å². The fourth-order valence-corrected chi connectivity index (χ4v) is 2.96. The van der Waals surface area contributed by atoms with Crippen LogP contribution in [0.25, 0.3) is 0 Å². The number of carboxylic acids is 1. The summed E-state index contributed by atoms with van der Waals surface area (Å²) in [4.78, 5) is 22.9. The SMILES string of the molecule is C=CCC(=O)c1cc(F)ccc1OC(C)CCOc1ccc(CCC(=O)O)c(C)c1. The number of ether oxygens (including phenoxy) is 2. The number of carboxylic acid groups (broad SMARTS) is 1. The van der Waals surface area contributed by atoms with E-state index < -0.39 is 11.8 Å². The van der Waals surface area contributed by atoms with E-state index in [4.69, 9.17) is 14.6 Å². The molecule has 1 atom stereocenters. The van der Waals surface area contributed by atoms with Gasteiger partial charge in [0.25, 0.3) is 0 Å². The third kappa shape index (κ3) is 7.03. The van der Waals surface area contributed by atoms with Crippen LogP contribution in [-0.4, -0.2) is 29.6 Å². The van der Waals surface area contributed by atoms with Crippen LogP contribution in [0.4, 0.5) is 4.39 Å². The molecule has 0 fully saturated rings. The zero-order valence-corrected chi connectivity index (χ0v) is 17.3. The number of carbonyl (C=O) groups is 2. The number of ketones is 1. The quantitative estimate of drug-likeness (QED) is 0.384. The van der Waals surface area contributed by atoms with Gasteiger partial charge in [-0.3, -0.25) is 9.59 Å². The molecule has 0 saturated heterocycles. The minimum Gasteiger partial charge on any atom is -0.493 e. The summed E-state index contributed by atoms with van der Waals surface area (Å²) in [7, 11) is 0. The Morgan fingerprint density at radius 1 is 1.23 bits per heavy atom. The van der Waals surface area contributed by atoms with Crippen LogP contribution in [0.2, 0.25) is 0 Å². The van der Waals surface area contributed by atoms with Gasteiger partial charge in [-0.15, -0.1) is 6.58 Å². The molecule has 2 aromatic rings. The number of carbonyl (C=O) groups excluding carboxylic acids is 1. The average molecular weight is 414 g/mol. The third-order valence-corrected chi connectivity index (χ3v) is 4.62. The summed E-state index contributed by atoms with van der Waals surface area (Å²) in [5, 5.41) is 8.80. The maximum Gasteiger partial charge on any atom is 0.303 e. The van der Waals surface area contributed by atoms with E-state index in [0.717, 1.165) is 11.1 Å². The number of aliphatic carboxylic acids is 1. The van der Waals surface area contributed by atoms with Crippen molar-refractivity contribution in [1.29, 1.82) is 0 Å². The van der Waals surface area contributed by atoms with Gasteiger partial charge in [-0.1, -0.05) is 12.1 Å². The van der Waals surface area contributed by atoms with Crippen LogP contribution in [0, 0.1) is 12.7 Å². The Morgan fingerprint density at radius 3 is 2.67 bits per heavy atom. The molecule has 0 radical (unpaired) electrons. The topological polar surface area (TPSA) is 72.8 Å². The normalized spacial score (nSPS) is 11.6. The van der Waals surface area contributed by atoms with Gasteiger partial charge in [-0.05, 0) is 61.7 Å². The number of benzene rings is 2. The lowest BCUT2D eigenvalue weighted by molar-refractivity contribution is -0.136. The van der Waals surface area contributed by atoms with E-state index in [1.54, 1.807) is 0 Å². The van der Waals surface area contributed by atoms with Gasteiger partial charge in [0.15, 0.2) is 5.78 Å². The molecule has 0 spiro atoms. The highest BCUT2D eigenvalue weighted by atomic mass is 19.1. The predicted molar refractivity (Wildman–Crippen MR) is 113 cm³/mol. The molecule has 0 aliphatic rings. The first-order valence-corrected chi connectivity index (χ1v) is 9.84. The molecule has 0 bridgehead atoms. The number of rotatable bonds is 12. The van der Waals surface area contributed by atoms with E-state index in [1.807, 2.05) is 32.0 Å². The molecule has 6 heteroatoms. The number of allylic oxidation sites excluding steroid dienone is 1. The van der Waals surface area contributed by atoms with Crippen LogP contribution >= 0.6 is 0 Å². The van der Waals surface area contributed by atoms with Gasteiger partial charge < -0.3 is 14.6 Å². The molecule has 2 rings (SSSR count). The van der Waals surface area contributed by atoms with Crippen molar-refractivity contribution >= 4 is 11.8 Å². The molecular formula is C24H27FO5. The van der Waals surface area contributed by atoms with Crippen LogP contribution in [0.3, 0.4) is 0 Å². The van der Waals surface area contributed by atoms with E-state index in [2.05, 4.69) is 6.58 Å². The number of hydrogen-bond donors (Lipinski definition) is 1. The summed E-state index contributed by atoms with van der Waals surface area (Å²) in [6.45, 7) is 7.71. The largest absolute Gasteiger partial charge is 0.493 e. The van der Waals surface area contributed by atoms with Gasteiger partial charge in [0.2, 0.25) is 0 Å². The number of halogens is 1. The first-order chi connectivity index (χ1) is 14.3. The molecule has 160 valence electrons. The molecule has 0 saturated carbocycles. The number of aryl methyl sites for hydroxylation is 2. The highest BCUT2D eigenvalue weighted by Gasteiger charge is 2.15. The maximum atomic E-state index is 13.5. The Hall–Kier alpha value is -3.15. The first kappa shape index (κ1) is 23.1. The van der Waals surface area contributed by atoms with Gasteiger partial charge in [0, 0.05) is 19.3 Å². The van der Waals surface area contributed by atoms with Crippen molar-refractivity contribution in [2.75, 3.05) is 6.61 Å². The standard InChI is InChI=1S/C24H27FO5/c1-4-5-22(26)21-15-19(25)8-10-23(21)30-17(3)12-13-29-20-9-6-18(16(2)14-20)7-11-24(27)28/h4,6,8-10,14-15,17H,1,5,7,11-13H2,2-3H3,(H,27,28). The van der Waals surface area contributed by atoms with E-state index in [0.29, 0.717) is 30.9 Å². The summed E-state index contributed by atoms with van der Waals surface area (Å²) in [5.74, 6) is -0.523. The van der Waals surface area contributed by atoms with Crippen LogP contribution < -0.4 is 9.47 Å². The molecule has 0 amide bonds. The molecule has 0 aliphatic carbocycles. The van der Waals surface area contributed by atoms with Crippen molar-refractivity contribution < 1.29 is 28.6 Å². The number of hydrogen-bond acceptors (Lipinski definition) is 4. The van der Waals surface area contributed by atoms with Crippen molar-refractivity contribution in [3.05, 3.63) is 71.6 Å². The van der Waals surface area contributed by atoms with Crippen LogP contribution in [0.1, 0.15) is 47.7 Å². The third-order valence-electron chi connectivity index (χ3n) is 4.62. The highest BCUT2D eigenvalue weighted by Crippen LogP contribution is 2.24. The zero-order valence-electron chi connectivity index (χ0n) is 17.3. The Labute approximate surface area is 176 Å². The monoisotopic (exact) mass is 414 g/mol. The van der Waals surface area contributed by atoms with Crippen molar-refractivity contribution in [3.8, 4) is 11.5 Å². The summed E-state index contributed by atoms with van der Waals surface area (Å²) >= 11 is 0. The minimum atomic E-state index is -0.820. The molecule has 0 aliphatic heterocycles. The Bertz CT molecular complexity index is 906. The highest BCUT2D eigenvalue weighted by molar-refractivity contribution is 5.99. The summed E-state index contributed by atoms with van der Waals surface area (Å²) in [5.41, 5.74) is 2.17. The van der Waals surface area contributed by atoms with Gasteiger partial charge >= 0.3 is 5.97 Å². The Morgan fingerprint density at radius 2 is 2.00 bits per heavy atom. The summed E-state index contributed by atoms with van der Waals surface area (Å²) < 4.78 is 25.2. The maximum absolute atomic E-state index is 13.5. The van der Waals surface area contributed by atoms with Gasteiger partial charge in [0.05, 0.1) is 18.3 Å². The Balaban J connectivity index is 1.90. The molecular weight excluding hydrogens is 387 g/mol. The second-order valence-electron chi connectivity index (χ2n) is 7.10. The number of Topliss-reactive ketones (excluding diaryl/α,β-unsaturated/α-hetero) is 1. The zero-order chi connectivity index (χ0) is 22.1. The van der Waals surface area contributed by atoms with Crippen LogP contribution in [0.15, 0.2) is 49.1 Å². The fourth-order valence-electron chi connectivity index (χ4n) is 2.96. The minimum absolute atomic E-state index is 0.0938. The predicted octanol–water partition coefficient (Wildman–Crippen LogP) is 5.15. The second kappa shape index (κ2) is 11.1. The molecule has 5 nitrogen and oxygen atoms in total.